The number of benzene rings is 1. The summed E-state index contributed by atoms with van der Waals surface area (Å²) in [7, 11) is 1.76. The van der Waals surface area contributed by atoms with E-state index in [4.69, 9.17) is 0 Å². The van der Waals surface area contributed by atoms with Gasteiger partial charge < -0.3 is 14.6 Å². The highest BCUT2D eigenvalue weighted by Crippen LogP contribution is 2.54. The maximum Gasteiger partial charge on any atom is 0.337 e. The molecule has 1 fully saturated rings. The molecule has 1 amide bonds. The Hall–Kier alpha value is -3.48. The Balaban J connectivity index is 1.77. The Bertz CT molecular complexity index is 1150. The molecule has 0 saturated heterocycles. The van der Waals surface area contributed by atoms with Gasteiger partial charge in [-0.3, -0.25) is 4.79 Å². The van der Waals surface area contributed by atoms with E-state index in [-0.39, 0.29) is 17.0 Å². The highest BCUT2D eigenvalue weighted by molar-refractivity contribution is 5.99. The van der Waals surface area contributed by atoms with Crippen LogP contribution in [0.2, 0.25) is 0 Å². The summed E-state index contributed by atoms with van der Waals surface area (Å²) >= 11 is 0. The number of carboxylic acid groups (broad SMARTS) is 1. The van der Waals surface area contributed by atoms with E-state index in [0.29, 0.717) is 5.69 Å². The molecule has 1 aliphatic heterocycles. The van der Waals surface area contributed by atoms with Crippen LogP contribution in [0.25, 0.3) is 16.8 Å². The molecule has 0 radical (unpaired) electrons. The summed E-state index contributed by atoms with van der Waals surface area (Å²) < 4.78 is 14.8. The van der Waals surface area contributed by atoms with Crippen molar-refractivity contribution in [3.05, 3.63) is 71.6 Å². The molecule has 3 heterocycles. The summed E-state index contributed by atoms with van der Waals surface area (Å²) in [5, 5.41) is 9.40. The van der Waals surface area contributed by atoms with Crippen LogP contribution in [0.1, 0.15) is 39.3 Å². The summed E-state index contributed by atoms with van der Waals surface area (Å²) in [4.78, 5) is 30.0. The number of amides is 1. The third-order valence-electron chi connectivity index (χ3n) is 5.78. The van der Waals surface area contributed by atoms with Crippen LogP contribution in [0.3, 0.4) is 0 Å². The number of nitrogens with zero attached hydrogens (tertiary/aromatic N) is 3. The Kier molecular flexibility index (Phi) is 3.28. The first-order chi connectivity index (χ1) is 13.4. The molecular formula is C21H16FN3O3. The SMILES string of the molecule is CN1C(=O)c2cc(C(=O)O)cn2-c2cc(-c3ccc(F)nc3)ccc2C12CC2. The van der Waals surface area contributed by atoms with Crippen LogP contribution in [0.15, 0.2) is 48.8 Å². The Morgan fingerprint density at radius 2 is 1.93 bits per heavy atom. The number of carbonyl (C=O) groups excluding carboxylic acids is 1. The lowest BCUT2D eigenvalue weighted by molar-refractivity contribution is 0.0695. The molecule has 5 rings (SSSR count). The van der Waals surface area contributed by atoms with Gasteiger partial charge in [0.2, 0.25) is 5.95 Å². The van der Waals surface area contributed by atoms with Gasteiger partial charge in [-0.2, -0.15) is 4.39 Å². The second kappa shape index (κ2) is 5.51. The largest absolute Gasteiger partial charge is 0.478 e. The Morgan fingerprint density at radius 3 is 2.57 bits per heavy atom. The molecule has 2 aliphatic rings. The minimum Gasteiger partial charge on any atom is -0.478 e. The predicted octanol–water partition coefficient (Wildman–Crippen LogP) is 3.45. The van der Waals surface area contributed by atoms with Crippen molar-refractivity contribution in [2.75, 3.05) is 7.05 Å². The number of halogens is 1. The van der Waals surface area contributed by atoms with Crippen molar-refractivity contribution in [1.82, 2.24) is 14.5 Å². The van der Waals surface area contributed by atoms with Crippen molar-refractivity contribution >= 4 is 11.9 Å². The van der Waals surface area contributed by atoms with Gasteiger partial charge >= 0.3 is 5.97 Å². The lowest BCUT2D eigenvalue weighted by atomic mass is 9.97. The molecule has 2 aromatic heterocycles. The van der Waals surface area contributed by atoms with Crippen LogP contribution in [-0.2, 0) is 5.54 Å². The first kappa shape index (κ1) is 16.7. The molecular weight excluding hydrogens is 361 g/mol. The summed E-state index contributed by atoms with van der Waals surface area (Å²) in [6.45, 7) is 0. The highest BCUT2D eigenvalue weighted by atomic mass is 19.1. The fourth-order valence-corrected chi connectivity index (χ4v) is 4.06. The van der Waals surface area contributed by atoms with E-state index in [1.165, 1.54) is 24.5 Å². The van der Waals surface area contributed by atoms with Crippen LogP contribution in [0, 0.1) is 5.95 Å². The number of hydrogen-bond donors (Lipinski definition) is 1. The van der Waals surface area contributed by atoms with Gasteiger partial charge in [0.05, 0.1) is 16.8 Å². The molecule has 1 saturated carbocycles. The maximum atomic E-state index is 13.2. The number of pyridine rings is 1. The number of aromatic nitrogens is 2. The summed E-state index contributed by atoms with van der Waals surface area (Å²) in [6, 6.07) is 10.2. The quantitative estimate of drug-likeness (QED) is 0.694. The van der Waals surface area contributed by atoms with Crippen LogP contribution < -0.4 is 0 Å². The molecule has 1 N–H and O–H groups in total. The number of carbonyl (C=O) groups is 2. The van der Waals surface area contributed by atoms with Crippen molar-refractivity contribution in [2.24, 2.45) is 0 Å². The number of fused-ring (bicyclic) bond motifs is 4. The van der Waals surface area contributed by atoms with Crippen molar-refractivity contribution in [3.8, 4) is 16.8 Å². The zero-order valence-electron chi connectivity index (χ0n) is 15.0. The molecule has 3 aromatic rings. The average molecular weight is 377 g/mol. The third kappa shape index (κ3) is 2.22. The zero-order chi connectivity index (χ0) is 19.6. The van der Waals surface area contributed by atoms with Crippen LogP contribution in [-0.4, -0.2) is 38.5 Å². The fraction of sp³-hybridized carbons (Fsp3) is 0.190. The maximum absolute atomic E-state index is 13.2. The number of hydrogen-bond acceptors (Lipinski definition) is 3. The molecule has 28 heavy (non-hydrogen) atoms. The average Bonchev–Trinajstić information content (AvgIpc) is 3.38. The van der Waals surface area contributed by atoms with Crippen LogP contribution >= 0.6 is 0 Å². The molecule has 6 nitrogen and oxygen atoms in total. The van der Waals surface area contributed by atoms with Gasteiger partial charge in [0, 0.05) is 30.6 Å². The van der Waals surface area contributed by atoms with E-state index in [0.717, 1.165) is 35.2 Å². The first-order valence-electron chi connectivity index (χ1n) is 8.91. The molecule has 7 heteroatoms. The van der Waals surface area contributed by atoms with Gasteiger partial charge in [0.25, 0.3) is 5.91 Å². The van der Waals surface area contributed by atoms with Gasteiger partial charge in [-0.25, -0.2) is 9.78 Å². The summed E-state index contributed by atoms with van der Waals surface area (Å²) in [5.41, 5.74) is 3.31. The second-order valence-electron chi connectivity index (χ2n) is 7.29. The minimum absolute atomic E-state index is 0.0586. The fourth-order valence-electron chi connectivity index (χ4n) is 4.06. The standard InChI is InChI=1S/C21H16FN3O3/c1-24-19(26)17-9-14(20(27)28)11-25(17)16-8-12(13-3-5-18(22)23-10-13)2-4-15(16)21(24)6-7-21/h2-5,8-11H,6-7H2,1H3,(H,27,28). The van der Waals surface area contributed by atoms with Crippen LogP contribution in [0.4, 0.5) is 4.39 Å². The highest BCUT2D eigenvalue weighted by Gasteiger charge is 2.53. The van der Waals surface area contributed by atoms with Crippen molar-refractivity contribution in [3.63, 3.8) is 0 Å². The van der Waals surface area contributed by atoms with E-state index >= 15 is 0 Å². The summed E-state index contributed by atoms with van der Waals surface area (Å²) in [6.07, 6.45) is 4.65. The van der Waals surface area contributed by atoms with E-state index < -0.39 is 11.9 Å². The third-order valence-corrected chi connectivity index (χ3v) is 5.78. The topological polar surface area (TPSA) is 75.4 Å². The smallest absolute Gasteiger partial charge is 0.337 e. The van der Waals surface area contributed by atoms with Gasteiger partial charge in [0.15, 0.2) is 0 Å². The normalized spacial score (nSPS) is 16.5. The van der Waals surface area contributed by atoms with E-state index in [2.05, 4.69) is 4.98 Å². The van der Waals surface area contributed by atoms with Gasteiger partial charge in [-0.1, -0.05) is 12.1 Å². The van der Waals surface area contributed by atoms with E-state index in [1.807, 2.05) is 18.2 Å². The Labute approximate surface area is 159 Å². The van der Waals surface area contributed by atoms with Crippen LogP contribution in [0.5, 0.6) is 0 Å². The van der Waals surface area contributed by atoms with Crippen molar-refractivity contribution in [1.29, 1.82) is 0 Å². The summed E-state index contributed by atoms with van der Waals surface area (Å²) in [5.74, 6) is -1.84. The molecule has 1 aromatic carbocycles. The van der Waals surface area contributed by atoms with Crippen molar-refractivity contribution in [2.45, 2.75) is 18.4 Å². The minimum atomic E-state index is -1.09. The number of carboxylic acids is 1. The molecule has 1 spiro atoms. The first-order valence-corrected chi connectivity index (χ1v) is 8.91. The molecule has 140 valence electrons. The van der Waals surface area contributed by atoms with E-state index in [9.17, 15) is 19.1 Å². The Morgan fingerprint density at radius 1 is 1.18 bits per heavy atom. The predicted molar refractivity (Wildman–Crippen MR) is 98.9 cm³/mol. The molecule has 1 aliphatic carbocycles. The zero-order valence-corrected chi connectivity index (χ0v) is 15.0. The molecule has 0 unspecified atom stereocenters. The monoisotopic (exact) mass is 377 g/mol. The molecule has 0 atom stereocenters. The lowest BCUT2D eigenvalue weighted by Crippen LogP contribution is -2.36. The van der Waals surface area contributed by atoms with Crippen molar-refractivity contribution < 1.29 is 19.1 Å². The number of rotatable bonds is 2. The van der Waals surface area contributed by atoms with Gasteiger partial charge in [-0.15, -0.1) is 0 Å². The molecule has 0 bridgehead atoms. The van der Waals surface area contributed by atoms with Gasteiger partial charge in [-0.05, 0) is 42.7 Å². The second-order valence-corrected chi connectivity index (χ2v) is 7.29. The number of aromatic carboxylic acids is 1. The van der Waals surface area contributed by atoms with E-state index in [1.54, 1.807) is 22.6 Å². The van der Waals surface area contributed by atoms with Gasteiger partial charge in [0.1, 0.15) is 5.69 Å². The lowest BCUT2D eigenvalue weighted by Gasteiger charge is -2.27.